The molecule has 2 rings (SSSR count). The van der Waals surface area contributed by atoms with Gasteiger partial charge in [-0.3, -0.25) is 4.79 Å². The van der Waals surface area contributed by atoms with Crippen LogP contribution in [0.1, 0.15) is 50.5 Å². The molecule has 0 spiro atoms. The molecule has 1 aromatic carbocycles. The Balaban J connectivity index is 0.00000338. The molecule has 1 amide bonds. The van der Waals surface area contributed by atoms with Crippen molar-refractivity contribution >= 4 is 29.9 Å². The highest BCUT2D eigenvalue weighted by Crippen LogP contribution is 2.28. The van der Waals surface area contributed by atoms with Crippen LogP contribution in [0, 0.1) is 11.8 Å². The van der Waals surface area contributed by atoms with Crippen molar-refractivity contribution in [3.8, 4) is 0 Å². The van der Waals surface area contributed by atoms with E-state index in [1.165, 1.54) is 32.1 Å². The molecule has 3 atom stereocenters. The van der Waals surface area contributed by atoms with Crippen molar-refractivity contribution in [1.29, 1.82) is 0 Å². The van der Waals surface area contributed by atoms with Gasteiger partial charge in [0.15, 0.2) is 0 Å². The average molecular weight is 403 g/mol. The first-order chi connectivity index (χ1) is 12.0. The third kappa shape index (κ3) is 7.43. The van der Waals surface area contributed by atoms with Crippen LogP contribution in [-0.4, -0.2) is 30.2 Å². The second-order valence-corrected chi connectivity index (χ2v) is 7.79. The van der Waals surface area contributed by atoms with Crippen molar-refractivity contribution in [3.63, 3.8) is 0 Å². The van der Waals surface area contributed by atoms with Gasteiger partial charge in [0.25, 0.3) is 0 Å². The average Bonchev–Trinajstić information content (AvgIpc) is 2.61. The Bertz CT molecular complexity index is 550. The molecule has 4 N–H and O–H groups in total. The lowest BCUT2D eigenvalue weighted by atomic mass is 9.82. The normalized spacial score (nSPS) is 18.5. The summed E-state index contributed by atoms with van der Waals surface area (Å²) in [4.78, 5) is 12.3. The molecule has 0 aliphatic heterocycles. The Morgan fingerprint density at radius 3 is 2.65 bits per heavy atom. The second-order valence-electron chi connectivity index (χ2n) is 7.35. The zero-order valence-corrected chi connectivity index (χ0v) is 17.1. The van der Waals surface area contributed by atoms with E-state index in [-0.39, 0.29) is 30.3 Å². The van der Waals surface area contributed by atoms with Gasteiger partial charge in [-0.2, -0.15) is 0 Å². The summed E-state index contributed by atoms with van der Waals surface area (Å²) in [5.41, 5.74) is 7.25. The highest BCUT2D eigenvalue weighted by atomic mass is 35.5. The van der Waals surface area contributed by atoms with Crippen LogP contribution in [0.2, 0.25) is 5.02 Å². The number of rotatable bonds is 8. The predicted molar refractivity (Wildman–Crippen MR) is 110 cm³/mol. The van der Waals surface area contributed by atoms with E-state index in [2.05, 4.69) is 5.32 Å². The smallest absolute Gasteiger partial charge is 0.223 e. The zero-order valence-electron chi connectivity index (χ0n) is 15.5. The molecule has 1 fully saturated rings. The summed E-state index contributed by atoms with van der Waals surface area (Å²) in [6.45, 7) is 0. The number of amides is 1. The van der Waals surface area contributed by atoms with Crippen molar-refractivity contribution < 1.29 is 9.90 Å². The fourth-order valence-corrected chi connectivity index (χ4v) is 4.08. The molecule has 1 aliphatic carbocycles. The summed E-state index contributed by atoms with van der Waals surface area (Å²) in [5.74, 6) is 0.240. The fraction of sp³-hybridized carbons (Fsp3) is 0.650. The van der Waals surface area contributed by atoms with E-state index >= 15 is 0 Å². The van der Waals surface area contributed by atoms with Gasteiger partial charge in [-0.1, -0.05) is 55.8 Å². The van der Waals surface area contributed by atoms with E-state index < -0.39 is 6.10 Å². The fourth-order valence-electron chi connectivity index (χ4n) is 3.87. The number of nitrogens with one attached hydrogen (secondary N) is 1. The minimum Gasteiger partial charge on any atom is -0.391 e. The van der Waals surface area contributed by atoms with E-state index in [4.69, 9.17) is 17.3 Å². The van der Waals surface area contributed by atoms with Gasteiger partial charge in [0, 0.05) is 24.0 Å². The van der Waals surface area contributed by atoms with E-state index in [1.807, 2.05) is 24.3 Å². The third-order valence-electron chi connectivity index (χ3n) is 5.34. The monoisotopic (exact) mass is 402 g/mol. The molecule has 148 valence electrons. The molecule has 6 heteroatoms. The molecule has 1 saturated carbocycles. The number of hydrogen-bond acceptors (Lipinski definition) is 3. The highest BCUT2D eigenvalue weighted by Gasteiger charge is 2.27. The van der Waals surface area contributed by atoms with Crippen LogP contribution in [0.5, 0.6) is 0 Å². The van der Waals surface area contributed by atoms with Gasteiger partial charge < -0.3 is 16.2 Å². The minimum absolute atomic E-state index is 0. The number of carbonyl (C=O) groups is 1. The van der Waals surface area contributed by atoms with Crippen molar-refractivity contribution in [2.45, 2.75) is 63.5 Å². The van der Waals surface area contributed by atoms with Gasteiger partial charge in [0.2, 0.25) is 5.91 Å². The number of aliphatic hydroxyl groups is 1. The molecule has 0 aromatic heterocycles. The Morgan fingerprint density at radius 1 is 1.35 bits per heavy atom. The maximum Gasteiger partial charge on any atom is 0.223 e. The van der Waals surface area contributed by atoms with Gasteiger partial charge >= 0.3 is 0 Å². The van der Waals surface area contributed by atoms with Crippen molar-refractivity contribution in [2.75, 3.05) is 7.05 Å². The van der Waals surface area contributed by atoms with Crippen LogP contribution in [0.4, 0.5) is 0 Å². The standard InChI is InChI=1S/C20H31ClN2O2.ClH/c1-23-20(25)16(10-15-8-5-9-17(21)11-15)13-19(24)18(22)12-14-6-3-2-4-7-14;/h5,8-9,11,14,16,18-19,24H,2-4,6-7,10,12-13,22H2,1H3,(H,23,25);1H/t16?,18-,19?;/m0./s1. The Labute approximate surface area is 168 Å². The second kappa shape index (κ2) is 11.8. The first-order valence-electron chi connectivity index (χ1n) is 9.39. The predicted octanol–water partition coefficient (Wildman–Crippen LogP) is 3.72. The summed E-state index contributed by atoms with van der Waals surface area (Å²) in [5, 5.41) is 13.9. The summed E-state index contributed by atoms with van der Waals surface area (Å²) in [6.07, 6.45) is 7.37. The molecule has 0 radical (unpaired) electrons. The number of halogens is 2. The Hall–Kier alpha value is -0.810. The summed E-state index contributed by atoms with van der Waals surface area (Å²) in [6, 6.07) is 7.25. The van der Waals surface area contributed by atoms with E-state index in [0.717, 1.165) is 12.0 Å². The molecule has 4 nitrogen and oxygen atoms in total. The van der Waals surface area contributed by atoms with Crippen LogP contribution in [0.3, 0.4) is 0 Å². The zero-order chi connectivity index (χ0) is 18.2. The molecule has 0 bridgehead atoms. The topological polar surface area (TPSA) is 75.3 Å². The molecule has 2 unspecified atom stereocenters. The molecular weight excluding hydrogens is 371 g/mol. The first-order valence-corrected chi connectivity index (χ1v) is 9.77. The van der Waals surface area contributed by atoms with Crippen LogP contribution in [-0.2, 0) is 11.2 Å². The first kappa shape index (κ1) is 23.2. The molecule has 1 aliphatic rings. The van der Waals surface area contributed by atoms with Crippen molar-refractivity contribution in [1.82, 2.24) is 5.32 Å². The van der Waals surface area contributed by atoms with E-state index in [9.17, 15) is 9.90 Å². The SMILES string of the molecule is CNC(=O)C(Cc1cccc(Cl)c1)CC(O)[C@@H](N)CC1CCCCC1.Cl. The van der Waals surface area contributed by atoms with E-state index in [0.29, 0.717) is 23.8 Å². The highest BCUT2D eigenvalue weighted by molar-refractivity contribution is 6.30. The Kier molecular flexibility index (Phi) is 10.6. The van der Waals surface area contributed by atoms with Crippen molar-refractivity contribution in [2.24, 2.45) is 17.6 Å². The van der Waals surface area contributed by atoms with Gasteiger partial charge in [-0.15, -0.1) is 12.4 Å². The van der Waals surface area contributed by atoms with Gasteiger partial charge in [-0.05, 0) is 42.9 Å². The third-order valence-corrected chi connectivity index (χ3v) is 5.57. The van der Waals surface area contributed by atoms with Crippen molar-refractivity contribution in [3.05, 3.63) is 34.9 Å². The van der Waals surface area contributed by atoms with E-state index in [1.54, 1.807) is 7.05 Å². The molecule has 0 saturated heterocycles. The van der Waals surface area contributed by atoms with Gasteiger partial charge in [-0.25, -0.2) is 0 Å². The lowest BCUT2D eigenvalue weighted by Crippen LogP contribution is -2.41. The molecule has 1 aromatic rings. The number of carbonyl (C=O) groups excluding carboxylic acids is 1. The maximum absolute atomic E-state index is 12.3. The lowest BCUT2D eigenvalue weighted by molar-refractivity contribution is -0.125. The van der Waals surface area contributed by atoms with Crippen LogP contribution >= 0.6 is 24.0 Å². The quantitative estimate of drug-likeness (QED) is 0.619. The number of aliphatic hydroxyl groups excluding tert-OH is 1. The van der Waals surface area contributed by atoms with Crippen LogP contribution in [0.25, 0.3) is 0 Å². The summed E-state index contributed by atoms with van der Waals surface area (Å²) < 4.78 is 0. The summed E-state index contributed by atoms with van der Waals surface area (Å²) in [7, 11) is 1.63. The van der Waals surface area contributed by atoms with Crippen LogP contribution in [0.15, 0.2) is 24.3 Å². The maximum atomic E-state index is 12.3. The number of benzene rings is 1. The molecular formula is C20H32Cl2N2O2. The number of nitrogens with two attached hydrogens (primary N) is 1. The largest absolute Gasteiger partial charge is 0.391 e. The van der Waals surface area contributed by atoms with Crippen LogP contribution < -0.4 is 11.1 Å². The molecule has 26 heavy (non-hydrogen) atoms. The minimum atomic E-state index is -0.664. The Morgan fingerprint density at radius 2 is 2.04 bits per heavy atom. The van der Waals surface area contributed by atoms with Gasteiger partial charge in [0.05, 0.1) is 6.10 Å². The lowest BCUT2D eigenvalue weighted by Gasteiger charge is -2.28. The summed E-state index contributed by atoms with van der Waals surface area (Å²) >= 11 is 6.04. The van der Waals surface area contributed by atoms with Gasteiger partial charge in [0.1, 0.15) is 0 Å². The number of hydrogen-bond donors (Lipinski definition) is 3. The molecule has 0 heterocycles.